The standard InChI is InChI=1S/C30H49N3O7S2/c1-8-38-27(36)21(14-11-9-10-12-16-31-28(37)40-30(5,6)7)32-22-20-42-24(23-15-13-17-41-23)18-33(26(22)35)19-25(34)39-29(2,3)4/h13,15,17,21-22,24,32H,8-12,14,16,18-20H2,1-7H3,(H,31,37)/t21-,22?,24?/m1/s1. The molecule has 1 fully saturated rings. The predicted octanol–water partition coefficient (Wildman–Crippen LogP) is 5.07. The molecule has 0 bridgehead atoms. The highest BCUT2D eigenvalue weighted by Crippen LogP contribution is 2.36. The zero-order chi connectivity index (χ0) is 31.3. The van der Waals surface area contributed by atoms with Crippen molar-refractivity contribution in [2.75, 3.05) is 32.0 Å². The molecule has 1 aromatic rings. The topological polar surface area (TPSA) is 123 Å². The van der Waals surface area contributed by atoms with E-state index in [9.17, 15) is 19.2 Å². The van der Waals surface area contributed by atoms with Crippen LogP contribution in [0.5, 0.6) is 0 Å². The summed E-state index contributed by atoms with van der Waals surface area (Å²) < 4.78 is 16.1. The fourth-order valence-corrected chi connectivity index (χ4v) is 6.63. The van der Waals surface area contributed by atoms with Gasteiger partial charge in [-0.05, 0) is 72.8 Å². The lowest BCUT2D eigenvalue weighted by molar-refractivity contribution is -0.159. The van der Waals surface area contributed by atoms with Crippen molar-refractivity contribution < 1.29 is 33.4 Å². The molecule has 1 aliphatic heterocycles. The van der Waals surface area contributed by atoms with Gasteiger partial charge >= 0.3 is 18.0 Å². The quantitative estimate of drug-likeness (QED) is 0.165. The van der Waals surface area contributed by atoms with E-state index in [0.717, 1.165) is 30.6 Å². The third-order valence-electron chi connectivity index (χ3n) is 6.12. The van der Waals surface area contributed by atoms with E-state index in [0.29, 0.717) is 25.3 Å². The number of hydrogen-bond donors (Lipinski definition) is 2. The number of unbranched alkanes of at least 4 members (excludes halogenated alkanes) is 3. The summed E-state index contributed by atoms with van der Waals surface area (Å²) in [5.41, 5.74) is -1.19. The van der Waals surface area contributed by atoms with Crippen LogP contribution in [0.15, 0.2) is 17.5 Å². The van der Waals surface area contributed by atoms with E-state index in [2.05, 4.69) is 10.6 Å². The van der Waals surface area contributed by atoms with Crippen molar-refractivity contribution in [3.05, 3.63) is 22.4 Å². The third kappa shape index (κ3) is 13.8. The largest absolute Gasteiger partial charge is 0.465 e. The highest BCUT2D eigenvalue weighted by molar-refractivity contribution is 7.99. The van der Waals surface area contributed by atoms with Crippen LogP contribution >= 0.6 is 23.1 Å². The molecule has 42 heavy (non-hydrogen) atoms. The molecular formula is C30H49N3O7S2. The summed E-state index contributed by atoms with van der Waals surface area (Å²) in [6, 6.07) is 2.71. The monoisotopic (exact) mass is 627 g/mol. The maximum atomic E-state index is 13.7. The van der Waals surface area contributed by atoms with Crippen molar-refractivity contribution >= 4 is 47.0 Å². The van der Waals surface area contributed by atoms with Gasteiger partial charge in [0.05, 0.1) is 17.9 Å². The van der Waals surface area contributed by atoms with Gasteiger partial charge in [-0.2, -0.15) is 0 Å². The Morgan fingerprint density at radius 2 is 1.74 bits per heavy atom. The van der Waals surface area contributed by atoms with Crippen LogP contribution in [0.2, 0.25) is 0 Å². The number of amides is 2. The SMILES string of the molecule is CCOC(=O)[C@@H](CCCCCCNC(=O)OC(C)(C)C)NC1CSC(c2cccs2)CN(CC(=O)OC(C)(C)C)C1=O. The van der Waals surface area contributed by atoms with Gasteiger partial charge in [-0.25, -0.2) is 4.79 Å². The van der Waals surface area contributed by atoms with Crippen molar-refractivity contribution in [2.45, 2.75) is 109 Å². The Labute approximate surface area is 259 Å². The number of thiophene rings is 1. The molecule has 2 heterocycles. The maximum Gasteiger partial charge on any atom is 0.407 e. The fourth-order valence-electron chi connectivity index (χ4n) is 4.37. The maximum absolute atomic E-state index is 13.7. The molecule has 238 valence electrons. The van der Waals surface area contributed by atoms with Crippen molar-refractivity contribution in [3.8, 4) is 0 Å². The average molecular weight is 628 g/mol. The number of rotatable bonds is 14. The smallest absolute Gasteiger partial charge is 0.407 e. The summed E-state index contributed by atoms with van der Waals surface area (Å²) in [5.74, 6) is -0.623. The van der Waals surface area contributed by atoms with Gasteiger partial charge in [-0.1, -0.05) is 25.3 Å². The molecule has 1 aromatic heterocycles. The average Bonchev–Trinajstić information content (AvgIpc) is 3.35. The first-order valence-corrected chi connectivity index (χ1v) is 16.7. The Morgan fingerprint density at radius 1 is 1.05 bits per heavy atom. The van der Waals surface area contributed by atoms with Crippen LogP contribution in [0.4, 0.5) is 4.79 Å². The first-order chi connectivity index (χ1) is 19.7. The molecule has 2 amide bonds. The van der Waals surface area contributed by atoms with Crippen LogP contribution in [0, 0.1) is 0 Å². The van der Waals surface area contributed by atoms with E-state index < -0.39 is 35.3 Å². The van der Waals surface area contributed by atoms with Crippen LogP contribution in [-0.2, 0) is 28.6 Å². The Morgan fingerprint density at radius 3 is 2.36 bits per heavy atom. The van der Waals surface area contributed by atoms with Gasteiger partial charge < -0.3 is 24.4 Å². The summed E-state index contributed by atoms with van der Waals surface area (Å²) in [4.78, 5) is 53.8. The Bertz CT molecular complexity index is 1010. The minimum atomic E-state index is -0.660. The van der Waals surface area contributed by atoms with Crippen LogP contribution in [0.1, 0.15) is 90.7 Å². The molecule has 1 aliphatic rings. The summed E-state index contributed by atoms with van der Waals surface area (Å²) in [5, 5.41) is 8.05. The van der Waals surface area contributed by atoms with E-state index in [-0.39, 0.29) is 30.3 Å². The van der Waals surface area contributed by atoms with E-state index in [1.807, 2.05) is 38.3 Å². The van der Waals surface area contributed by atoms with Gasteiger partial charge in [0.15, 0.2) is 0 Å². The minimum absolute atomic E-state index is 0.0125. The van der Waals surface area contributed by atoms with Gasteiger partial charge in [0.25, 0.3) is 0 Å². The number of alkyl carbamates (subject to hydrolysis) is 1. The number of esters is 2. The molecule has 10 nitrogen and oxygen atoms in total. The molecule has 0 saturated carbocycles. The van der Waals surface area contributed by atoms with Crippen molar-refractivity contribution in [1.29, 1.82) is 0 Å². The van der Waals surface area contributed by atoms with E-state index in [1.54, 1.807) is 55.7 Å². The highest BCUT2D eigenvalue weighted by Gasteiger charge is 2.36. The molecule has 1 saturated heterocycles. The second kappa shape index (κ2) is 17.1. The van der Waals surface area contributed by atoms with Gasteiger partial charge in [-0.15, -0.1) is 23.1 Å². The number of nitrogens with zero attached hydrogens (tertiary/aromatic N) is 1. The zero-order valence-corrected chi connectivity index (χ0v) is 27.8. The summed E-state index contributed by atoms with van der Waals surface area (Å²) in [6.45, 7) is 13.6. The third-order valence-corrected chi connectivity index (χ3v) is 8.59. The second-order valence-corrected chi connectivity index (χ2v) is 14.5. The van der Waals surface area contributed by atoms with Gasteiger partial charge in [0.1, 0.15) is 23.8 Å². The molecule has 12 heteroatoms. The first kappa shape index (κ1) is 35.9. The lowest BCUT2D eigenvalue weighted by Gasteiger charge is -2.28. The lowest BCUT2D eigenvalue weighted by atomic mass is 10.1. The number of carbonyl (C=O) groups excluding carboxylic acids is 4. The number of hydrogen-bond acceptors (Lipinski definition) is 10. The molecular weight excluding hydrogens is 578 g/mol. The Kier molecular flexibility index (Phi) is 14.6. The molecule has 2 N–H and O–H groups in total. The van der Waals surface area contributed by atoms with Crippen molar-refractivity contribution in [3.63, 3.8) is 0 Å². The van der Waals surface area contributed by atoms with Gasteiger partial charge in [-0.3, -0.25) is 19.7 Å². The van der Waals surface area contributed by atoms with Gasteiger partial charge in [0.2, 0.25) is 5.91 Å². The lowest BCUT2D eigenvalue weighted by Crippen LogP contribution is -2.54. The van der Waals surface area contributed by atoms with E-state index in [1.165, 1.54) is 0 Å². The Hall–Kier alpha value is -2.31. The molecule has 0 radical (unpaired) electrons. The molecule has 0 aromatic carbocycles. The number of nitrogens with one attached hydrogen (secondary N) is 2. The first-order valence-electron chi connectivity index (χ1n) is 14.7. The highest BCUT2D eigenvalue weighted by atomic mass is 32.2. The second-order valence-electron chi connectivity index (χ2n) is 12.3. The summed E-state index contributed by atoms with van der Waals surface area (Å²) >= 11 is 3.26. The number of carbonyl (C=O) groups is 4. The summed E-state index contributed by atoms with van der Waals surface area (Å²) in [6.07, 6.45) is 3.34. The molecule has 0 aliphatic carbocycles. The molecule has 0 spiro atoms. The minimum Gasteiger partial charge on any atom is -0.465 e. The molecule has 2 rings (SSSR count). The van der Waals surface area contributed by atoms with Crippen LogP contribution in [0.25, 0.3) is 0 Å². The van der Waals surface area contributed by atoms with Crippen LogP contribution in [0.3, 0.4) is 0 Å². The van der Waals surface area contributed by atoms with Crippen molar-refractivity contribution in [2.24, 2.45) is 0 Å². The fraction of sp³-hybridized carbons (Fsp3) is 0.733. The van der Waals surface area contributed by atoms with Crippen molar-refractivity contribution in [1.82, 2.24) is 15.5 Å². The zero-order valence-electron chi connectivity index (χ0n) is 26.2. The molecule has 3 atom stereocenters. The van der Waals surface area contributed by atoms with Crippen LogP contribution < -0.4 is 10.6 Å². The number of thioether (sulfide) groups is 1. The van der Waals surface area contributed by atoms with Crippen LogP contribution in [-0.4, -0.2) is 84.1 Å². The van der Waals surface area contributed by atoms with Gasteiger partial charge in [0, 0.05) is 23.7 Å². The molecule has 2 unspecified atom stereocenters. The normalized spacial score (nSPS) is 18.6. The summed E-state index contributed by atoms with van der Waals surface area (Å²) in [7, 11) is 0. The number of ether oxygens (including phenoxy) is 3. The van der Waals surface area contributed by atoms with E-state index in [4.69, 9.17) is 14.2 Å². The predicted molar refractivity (Wildman–Crippen MR) is 167 cm³/mol. The van der Waals surface area contributed by atoms with E-state index >= 15 is 0 Å². The Balaban J connectivity index is 2.00.